The van der Waals surface area contributed by atoms with Crippen molar-refractivity contribution in [3.63, 3.8) is 0 Å². The van der Waals surface area contributed by atoms with Crippen LogP contribution >= 0.6 is 11.6 Å². The predicted octanol–water partition coefficient (Wildman–Crippen LogP) is 5.17. The second kappa shape index (κ2) is 9.29. The number of hydrogen-bond acceptors (Lipinski definition) is 4. The molecule has 2 saturated carbocycles. The molecule has 2 aliphatic carbocycles. The second-order valence-electron chi connectivity index (χ2n) is 9.29. The van der Waals surface area contributed by atoms with Gasteiger partial charge in [-0.1, -0.05) is 48.0 Å². The number of anilines is 1. The third-order valence-electron chi connectivity index (χ3n) is 7.08. The molecule has 1 aliphatic heterocycles. The molecule has 8 heteroatoms. The molecule has 7 nitrogen and oxygen atoms in total. The zero-order chi connectivity index (χ0) is 23.8. The van der Waals surface area contributed by atoms with Gasteiger partial charge in [-0.05, 0) is 48.9 Å². The molecule has 5 rings (SSSR count). The van der Waals surface area contributed by atoms with Gasteiger partial charge in [-0.15, -0.1) is 0 Å². The number of carboxylic acid groups (broad SMARTS) is 1. The average molecular weight is 483 g/mol. The minimum Gasteiger partial charge on any atom is -0.481 e. The standard InChI is InChI=1S/C26H27ClN2O5/c27-17-6-9-20-22(14-17)29(26(33)34-15-16-4-2-1-3-5-16)21-11-10-19(21)25(20)28(18-7-8-18)23(30)12-13-24(31)32/h1-6,9,14,18-19,21,25H,7-8,10-13,15H2,(H,31,32)/t19-,21+,25-/m0/s1. The van der Waals surface area contributed by atoms with E-state index in [4.69, 9.17) is 21.4 Å². The number of ether oxygens (including phenoxy) is 1. The van der Waals surface area contributed by atoms with Crippen LogP contribution in [-0.4, -0.2) is 40.1 Å². The molecule has 0 bridgehead atoms. The summed E-state index contributed by atoms with van der Waals surface area (Å²) >= 11 is 6.35. The molecule has 0 unspecified atom stereocenters. The smallest absolute Gasteiger partial charge is 0.414 e. The highest BCUT2D eigenvalue weighted by Crippen LogP contribution is 2.54. The molecule has 0 saturated heterocycles. The van der Waals surface area contributed by atoms with E-state index >= 15 is 0 Å². The van der Waals surface area contributed by atoms with Crippen molar-refractivity contribution in [3.05, 3.63) is 64.7 Å². The monoisotopic (exact) mass is 482 g/mol. The zero-order valence-electron chi connectivity index (χ0n) is 18.7. The Morgan fingerprint density at radius 2 is 1.79 bits per heavy atom. The molecule has 2 fully saturated rings. The maximum atomic E-state index is 13.3. The van der Waals surface area contributed by atoms with Gasteiger partial charge < -0.3 is 14.7 Å². The maximum absolute atomic E-state index is 13.3. The van der Waals surface area contributed by atoms with Gasteiger partial charge in [0.2, 0.25) is 5.91 Å². The van der Waals surface area contributed by atoms with Crippen LogP contribution in [0.25, 0.3) is 0 Å². The lowest BCUT2D eigenvalue weighted by molar-refractivity contribution is -0.143. The highest BCUT2D eigenvalue weighted by molar-refractivity contribution is 6.31. The SMILES string of the molecule is O=C(O)CCC(=O)N(C1CC1)[C@@H]1c2ccc(Cl)cc2N(C(=O)OCc2ccccc2)[C@@H]2CC[C@@H]21. The van der Waals surface area contributed by atoms with Gasteiger partial charge in [-0.3, -0.25) is 14.5 Å². The van der Waals surface area contributed by atoms with Crippen molar-refractivity contribution in [2.75, 3.05) is 4.90 Å². The van der Waals surface area contributed by atoms with Gasteiger partial charge in [0.05, 0.1) is 18.2 Å². The summed E-state index contributed by atoms with van der Waals surface area (Å²) in [5.41, 5.74) is 2.46. The summed E-state index contributed by atoms with van der Waals surface area (Å²) < 4.78 is 5.68. The summed E-state index contributed by atoms with van der Waals surface area (Å²) in [5, 5.41) is 9.59. The first-order valence-corrected chi connectivity index (χ1v) is 12.1. The number of rotatable bonds is 7. The van der Waals surface area contributed by atoms with Crippen LogP contribution in [0.5, 0.6) is 0 Å². The molecular formula is C26H27ClN2O5. The van der Waals surface area contributed by atoms with Crippen molar-refractivity contribution in [2.45, 2.75) is 63.3 Å². The molecule has 0 radical (unpaired) electrons. The highest BCUT2D eigenvalue weighted by Gasteiger charge is 2.53. The quantitative estimate of drug-likeness (QED) is 0.588. The van der Waals surface area contributed by atoms with Gasteiger partial charge in [0.15, 0.2) is 0 Å². The Kier molecular flexibility index (Phi) is 6.21. The van der Waals surface area contributed by atoms with E-state index < -0.39 is 12.1 Å². The first kappa shape index (κ1) is 22.7. The van der Waals surface area contributed by atoms with Crippen LogP contribution in [-0.2, 0) is 20.9 Å². The van der Waals surface area contributed by atoms with Crippen LogP contribution in [0, 0.1) is 5.92 Å². The molecule has 34 heavy (non-hydrogen) atoms. The molecule has 3 aliphatic rings. The van der Waals surface area contributed by atoms with Crippen molar-refractivity contribution >= 4 is 35.3 Å². The minimum atomic E-state index is -0.978. The van der Waals surface area contributed by atoms with E-state index in [1.807, 2.05) is 41.3 Å². The van der Waals surface area contributed by atoms with E-state index in [1.54, 1.807) is 17.0 Å². The number of amides is 2. The lowest BCUT2D eigenvalue weighted by Crippen LogP contribution is -2.59. The van der Waals surface area contributed by atoms with E-state index in [-0.39, 0.29) is 49.4 Å². The number of fused-ring (bicyclic) bond motifs is 2. The normalized spacial score (nSPS) is 22.7. The van der Waals surface area contributed by atoms with E-state index in [9.17, 15) is 14.4 Å². The van der Waals surface area contributed by atoms with Crippen molar-refractivity contribution in [3.8, 4) is 0 Å². The zero-order valence-corrected chi connectivity index (χ0v) is 19.5. The number of carbonyl (C=O) groups excluding carboxylic acids is 2. The third kappa shape index (κ3) is 4.37. The van der Waals surface area contributed by atoms with Gasteiger partial charge in [0.25, 0.3) is 0 Å². The van der Waals surface area contributed by atoms with Crippen LogP contribution in [0.4, 0.5) is 10.5 Å². The summed E-state index contributed by atoms with van der Waals surface area (Å²) in [4.78, 5) is 41.2. The van der Waals surface area contributed by atoms with Gasteiger partial charge in [0.1, 0.15) is 6.61 Å². The second-order valence-corrected chi connectivity index (χ2v) is 9.73. The predicted molar refractivity (Wildman–Crippen MR) is 127 cm³/mol. The molecule has 2 amide bonds. The molecule has 1 N–H and O–H groups in total. The Labute approximate surface area is 203 Å². The number of carbonyl (C=O) groups is 3. The van der Waals surface area contributed by atoms with Gasteiger partial charge in [-0.2, -0.15) is 0 Å². The van der Waals surface area contributed by atoms with Crippen LogP contribution in [0.2, 0.25) is 5.02 Å². The number of hydrogen-bond donors (Lipinski definition) is 1. The molecule has 0 aromatic heterocycles. The molecule has 2 aromatic rings. The Bertz CT molecular complexity index is 1100. The van der Waals surface area contributed by atoms with Crippen molar-refractivity contribution in [1.82, 2.24) is 4.90 Å². The van der Waals surface area contributed by atoms with Crippen LogP contribution in [0.1, 0.15) is 55.7 Å². The first-order valence-electron chi connectivity index (χ1n) is 11.8. The van der Waals surface area contributed by atoms with Crippen LogP contribution in [0.15, 0.2) is 48.5 Å². The summed E-state index contributed by atoms with van der Waals surface area (Å²) in [5.74, 6) is -1.04. The van der Waals surface area contributed by atoms with Crippen molar-refractivity contribution in [1.29, 1.82) is 0 Å². The molecule has 1 heterocycles. The number of nitrogens with zero attached hydrogens (tertiary/aromatic N) is 2. The first-order chi connectivity index (χ1) is 16.4. The van der Waals surface area contributed by atoms with E-state index in [1.165, 1.54) is 0 Å². The van der Waals surface area contributed by atoms with E-state index in [2.05, 4.69) is 0 Å². The minimum absolute atomic E-state index is 0.0223. The Hall–Kier alpha value is -3.06. The fraction of sp³-hybridized carbons (Fsp3) is 0.423. The van der Waals surface area contributed by atoms with Gasteiger partial charge in [0, 0.05) is 29.4 Å². The molecule has 178 valence electrons. The van der Waals surface area contributed by atoms with Crippen molar-refractivity contribution in [2.24, 2.45) is 5.92 Å². The van der Waals surface area contributed by atoms with Crippen LogP contribution < -0.4 is 4.90 Å². The Balaban J connectivity index is 1.45. The molecule has 0 spiro atoms. The average Bonchev–Trinajstić information content (AvgIpc) is 3.63. The Morgan fingerprint density at radius 3 is 2.44 bits per heavy atom. The van der Waals surface area contributed by atoms with E-state index in [0.29, 0.717) is 10.7 Å². The number of carboxylic acids is 1. The summed E-state index contributed by atoms with van der Waals surface area (Å²) in [6.45, 7) is 0.175. The molecular weight excluding hydrogens is 456 g/mol. The lowest BCUT2D eigenvalue weighted by Gasteiger charge is -2.54. The molecule has 2 aromatic carbocycles. The van der Waals surface area contributed by atoms with E-state index in [0.717, 1.165) is 36.8 Å². The summed E-state index contributed by atoms with van der Waals surface area (Å²) in [6, 6.07) is 14.8. The van der Waals surface area contributed by atoms with Gasteiger partial charge in [-0.25, -0.2) is 4.79 Å². The fourth-order valence-electron chi connectivity index (χ4n) is 5.24. The lowest BCUT2D eigenvalue weighted by atomic mass is 9.68. The summed E-state index contributed by atoms with van der Waals surface area (Å²) in [6.07, 6.45) is 2.90. The maximum Gasteiger partial charge on any atom is 0.414 e. The number of benzene rings is 2. The summed E-state index contributed by atoms with van der Waals surface area (Å²) in [7, 11) is 0. The highest BCUT2D eigenvalue weighted by atomic mass is 35.5. The largest absolute Gasteiger partial charge is 0.481 e. The number of aliphatic carboxylic acids is 1. The van der Waals surface area contributed by atoms with Crippen LogP contribution in [0.3, 0.4) is 0 Å². The van der Waals surface area contributed by atoms with Gasteiger partial charge >= 0.3 is 12.1 Å². The third-order valence-corrected chi connectivity index (χ3v) is 7.32. The molecule has 3 atom stereocenters. The topological polar surface area (TPSA) is 87.2 Å². The Morgan fingerprint density at radius 1 is 1.03 bits per heavy atom. The van der Waals surface area contributed by atoms with Crippen molar-refractivity contribution < 1.29 is 24.2 Å². The fourth-order valence-corrected chi connectivity index (χ4v) is 5.41. The number of halogens is 1.